The van der Waals surface area contributed by atoms with Crippen LogP contribution < -0.4 is 5.73 Å². The van der Waals surface area contributed by atoms with Gasteiger partial charge in [-0.2, -0.15) is 0 Å². The van der Waals surface area contributed by atoms with Crippen LogP contribution in [0.4, 0.5) is 0 Å². The summed E-state index contributed by atoms with van der Waals surface area (Å²) in [7, 11) is 0. The lowest BCUT2D eigenvalue weighted by Crippen LogP contribution is -2.54. The predicted octanol–water partition coefficient (Wildman–Crippen LogP) is 0.834. The summed E-state index contributed by atoms with van der Waals surface area (Å²) >= 11 is 0. The number of carbonyl (C=O) groups is 1. The molecule has 0 saturated heterocycles. The van der Waals surface area contributed by atoms with Crippen LogP contribution in [0.5, 0.6) is 0 Å². The summed E-state index contributed by atoms with van der Waals surface area (Å²) in [5, 5.41) is 9.23. The summed E-state index contributed by atoms with van der Waals surface area (Å²) in [4.78, 5) is 15.4. The van der Waals surface area contributed by atoms with Crippen molar-refractivity contribution in [2.75, 3.05) is 0 Å². The summed E-state index contributed by atoms with van der Waals surface area (Å²) in [6, 6.07) is 3.66. The lowest BCUT2D eigenvalue weighted by molar-refractivity contribution is -0.148. The van der Waals surface area contributed by atoms with E-state index in [0.717, 1.165) is 5.56 Å². The largest absolute Gasteiger partial charge is 0.481 e. The molecule has 1 heterocycles. The molecule has 1 aliphatic carbocycles. The van der Waals surface area contributed by atoms with Crippen LogP contribution in [0.15, 0.2) is 18.3 Å². The standard InChI is InChI=1S/C11H14N2O2/c1-7-2-3-9(13-6-7)11(10(14)15)4-8(12)5-11/h2-3,6,8H,4-5,12H2,1H3,(H,14,15). The number of pyridine rings is 1. The first kappa shape index (κ1) is 10.1. The van der Waals surface area contributed by atoms with Gasteiger partial charge in [0.15, 0.2) is 0 Å². The Morgan fingerprint density at radius 1 is 1.60 bits per heavy atom. The molecular formula is C11H14N2O2. The van der Waals surface area contributed by atoms with E-state index in [4.69, 9.17) is 5.73 Å². The maximum atomic E-state index is 11.2. The highest BCUT2D eigenvalue weighted by molar-refractivity contribution is 5.82. The van der Waals surface area contributed by atoms with Gasteiger partial charge in [-0.05, 0) is 31.4 Å². The fourth-order valence-electron chi connectivity index (χ4n) is 2.08. The molecule has 1 aromatic heterocycles. The van der Waals surface area contributed by atoms with Crippen molar-refractivity contribution in [1.29, 1.82) is 0 Å². The molecule has 1 saturated carbocycles. The van der Waals surface area contributed by atoms with E-state index in [1.165, 1.54) is 0 Å². The molecule has 0 spiro atoms. The molecule has 0 atom stereocenters. The fourth-order valence-corrected chi connectivity index (χ4v) is 2.08. The minimum Gasteiger partial charge on any atom is -0.481 e. The summed E-state index contributed by atoms with van der Waals surface area (Å²) in [6.45, 7) is 1.93. The van der Waals surface area contributed by atoms with Gasteiger partial charge in [-0.3, -0.25) is 9.78 Å². The van der Waals surface area contributed by atoms with E-state index in [9.17, 15) is 9.90 Å². The molecule has 4 nitrogen and oxygen atoms in total. The van der Waals surface area contributed by atoms with E-state index in [0.29, 0.717) is 18.5 Å². The average Bonchev–Trinajstić information content (AvgIpc) is 2.13. The van der Waals surface area contributed by atoms with Crippen LogP contribution in [0.2, 0.25) is 0 Å². The van der Waals surface area contributed by atoms with Gasteiger partial charge < -0.3 is 10.8 Å². The summed E-state index contributed by atoms with van der Waals surface area (Å²) in [5.74, 6) is -0.819. The zero-order valence-corrected chi connectivity index (χ0v) is 8.60. The molecule has 0 amide bonds. The van der Waals surface area contributed by atoms with Crippen LogP contribution in [-0.4, -0.2) is 22.1 Å². The second-order valence-corrected chi connectivity index (χ2v) is 4.28. The van der Waals surface area contributed by atoms with Gasteiger partial charge in [0.2, 0.25) is 0 Å². The Balaban J connectivity index is 2.34. The fraction of sp³-hybridized carbons (Fsp3) is 0.455. The van der Waals surface area contributed by atoms with Crippen LogP contribution >= 0.6 is 0 Å². The molecule has 4 heteroatoms. The van der Waals surface area contributed by atoms with Crippen molar-refractivity contribution in [3.63, 3.8) is 0 Å². The Kier molecular flexibility index (Phi) is 2.23. The van der Waals surface area contributed by atoms with Gasteiger partial charge in [0.05, 0.1) is 5.69 Å². The molecule has 3 N–H and O–H groups in total. The number of nitrogens with two attached hydrogens (primary N) is 1. The third-order valence-electron chi connectivity index (χ3n) is 3.03. The van der Waals surface area contributed by atoms with E-state index in [-0.39, 0.29) is 6.04 Å². The second-order valence-electron chi connectivity index (χ2n) is 4.28. The van der Waals surface area contributed by atoms with Gasteiger partial charge in [0.1, 0.15) is 5.41 Å². The van der Waals surface area contributed by atoms with Gasteiger partial charge in [-0.15, -0.1) is 0 Å². The molecule has 0 unspecified atom stereocenters. The van der Waals surface area contributed by atoms with E-state index in [1.54, 1.807) is 12.3 Å². The third-order valence-corrected chi connectivity index (χ3v) is 3.03. The van der Waals surface area contributed by atoms with Gasteiger partial charge in [-0.1, -0.05) is 6.07 Å². The van der Waals surface area contributed by atoms with Crippen LogP contribution in [0.25, 0.3) is 0 Å². The van der Waals surface area contributed by atoms with Crippen molar-refractivity contribution in [3.05, 3.63) is 29.6 Å². The molecule has 0 bridgehead atoms. The number of carboxylic acids is 1. The Labute approximate surface area is 88.1 Å². The van der Waals surface area contributed by atoms with Crippen LogP contribution in [0, 0.1) is 6.92 Å². The maximum Gasteiger partial charge on any atom is 0.315 e. The number of nitrogens with zero attached hydrogens (tertiary/aromatic N) is 1. The van der Waals surface area contributed by atoms with E-state index < -0.39 is 11.4 Å². The van der Waals surface area contributed by atoms with E-state index >= 15 is 0 Å². The lowest BCUT2D eigenvalue weighted by atomic mass is 9.63. The highest BCUT2D eigenvalue weighted by atomic mass is 16.4. The molecule has 2 rings (SSSR count). The Bertz CT molecular complexity index is 380. The Morgan fingerprint density at radius 2 is 2.27 bits per heavy atom. The maximum absolute atomic E-state index is 11.2. The number of rotatable bonds is 2. The van der Waals surface area contributed by atoms with Crippen molar-refractivity contribution >= 4 is 5.97 Å². The molecule has 15 heavy (non-hydrogen) atoms. The zero-order valence-electron chi connectivity index (χ0n) is 8.60. The highest BCUT2D eigenvalue weighted by Gasteiger charge is 2.51. The average molecular weight is 206 g/mol. The first-order valence-corrected chi connectivity index (χ1v) is 4.97. The van der Waals surface area contributed by atoms with Crippen LogP contribution in [-0.2, 0) is 10.2 Å². The second kappa shape index (κ2) is 3.31. The summed E-state index contributed by atoms with van der Waals surface area (Å²) in [6.07, 6.45) is 2.67. The van der Waals surface area contributed by atoms with Crippen molar-refractivity contribution in [2.24, 2.45) is 5.73 Å². The first-order valence-electron chi connectivity index (χ1n) is 4.97. The smallest absolute Gasteiger partial charge is 0.315 e. The SMILES string of the molecule is Cc1ccc(C2(C(=O)O)CC(N)C2)nc1. The molecule has 1 fully saturated rings. The number of aliphatic carboxylic acids is 1. The third kappa shape index (κ3) is 1.51. The number of aryl methyl sites for hydroxylation is 1. The van der Waals surface area contributed by atoms with Crippen molar-refractivity contribution < 1.29 is 9.90 Å². The van der Waals surface area contributed by atoms with Crippen molar-refractivity contribution in [1.82, 2.24) is 4.98 Å². The molecule has 0 aromatic carbocycles. The number of aromatic nitrogens is 1. The van der Waals surface area contributed by atoms with E-state index in [2.05, 4.69) is 4.98 Å². The molecular weight excluding hydrogens is 192 g/mol. The van der Waals surface area contributed by atoms with Gasteiger partial charge in [0, 0.05) is 12.2 Å². The van der Waals surface area contributed by atoms with Crippen molar-refractivity contribution in [2.45, 2.75) is 31.2 Å². The quantitative estimate of drug-likeness (QED) is 0.751. The number of carboxylic acid groups (broad SMARTS) is 1. The number of hydrogen-bond donors (Lipinski definition) is 2. The normalized spacial score (nSPS) is 29.6. The van der Waals surface area contributed by atoms with Crippen molar-refractivity contribution in [3.8, 4) is 0 Å². The Hall–Kier alpha value is -1.42. The van der Waals surface area contributed by atoms with Gasteiger partial charge >= 0.3 is 5.97 Å². The van der Waals surface area contributed by atoms with Crippen LogP contribution in [0.3, 0.4) is 0 Å². The molecule has 80 valence electrons. The topological polar surface area (TPSA) is 76.2 Å². The molecule has 1 aromatic rings. The molecule has 1 aliphatic rings. The summed E-state index contributed by atoms with van der Waals surface area (Å²) < 4.78 is 0. The van der Waals surface area contributed by atoms with Crippen LogP contribution in [0.1, 0.15) is 24.1 Å². The Morgan fingerprint density at radius 3 is 2.67 bits per heavy atom. The zero-order chi connectivity index (χ0) is 11.1. The highest BCUT2D eigenvalue weighted by Crippen LogP contribution is 2.42. The van der Waals surface area contributed by atoms with E-state index in [1.807, 2.05) is 13.0 Å². The molecule has 0 aliphatic heterocycles. The molecule has 0 radical (unpaired) electrons. The summed E-state index contributed by atoms with van der Waals surface area (Å²) in [5.41, 5.74) is 6.49. The number of hydrogen-bond acceptors (Lipinski definition) is 3. The minimum atomic E-state index is -0.840. The lowest BCUT2D eigenvalue weighted by Gasteiger charge is -2.41. The monoisotopic (exact) mass is 206 g/mol. The first-order chi connectivity index (χ1) is 7.04. The minimum absolute atomic E-state index is 0.01000. The van der Waals surface area contributed by atoms with Gasteiger partial charge in [-0.25, -0.2) is 0 Å². The predicted molar refractivity (Wildman–Crippen MR) is 55.5 cm³/mol. The van der Waals surface area contributed by atoms with Gasteiger partial charge in [0.25, 0.3) is 0 Å².